The van der Waals surface area contributed by atoms with Crippen LogP contribution in [0.2, 0.25) is 0 Å². The molecule has 0 aliphatic heterocycles. The summed E-state index contributed by atoms with van der Waals surface area (Å²) in [5.74, 6) is -2.58. The van der Waals surface area contributed by atoms with E-state index in [0.717, 1.165) is 19.0 Å². The number of esters is 1. The van der Waals surface area contributed by atoms with Gasteiger partial charge in [0, 0.05) is 6.92 Å². The summed E-state index contributed by atoms with van der Waals surface area (Å²) in [5, 5.41) is 20.0. The molecule has 2 atom stereocenters. The number of nitro groups is 1. The third-order valence-corrected chi connectivity index (χ3v) is 4.17. The van der Waals surface area contributed by atoms with Crippen LogP contribution in [0, 0.1) is 28.9 Å². The average molecular weight is 325 g/mol. The molecule has 0 unspecified atom stereocenters. The number of aryl methyl sites for hydroxylation is 1. The summed E-state index contributed by atoms with van der Waals surface area (Å²) in [6, 6.07) is 0. The molecule has 23 heavy (non-hydrogen) atoms. The van der Waals surface area contributed by atoms with Crippen molar-refractivity contribution in [2.45, 2.75) is 39.2 Å². The van der Waals surface area contributed by atoms with Gasteiger partial charge in [-0.15, -0.1) is 0 Å². The molecular formula is C14H19N3O6. The fraction of sp³-hybridized carbons (Fsp3) is 0.643. The van der Waals surface area contributed by atoms with E-state index in [1.807, 2.05) is 0 Å². The SMILES string of the molecule is Cc1ncc([N+](=O)[O-])n1CCOC(=O)[C@H]1CCCC[C@H]1C(=O)O. The molecule has 1 aromatic heterocycles. The number of hydrogen-bond donors (Lipinski definition) is 1. The molecule has 0 spiro atoms. The van der Waals surface area contributed by atoms with Crippen LogP contribution in [0.1, 0.15) is 31.5 Å². The molecule has 0 aromatic carbocycles. The van der Waals surface area contributed by atoms with E-state index in [0.29, 0.717) is 18.7 Å². The number of carbonyl (C=O) groups excluding carboxylic acids is 1. The highest BCUT2D eigenvalue weighted by Crippen LogP contribution is 2.31. The maximum Gasteiger partial charge on any atom is 0.342 e. The lowest BCUT2D eigenvalue weighted by Crippen LogP contribution is -2.34. The second-order valence-corrected chi connectivity index (χ2v) is 5.58. The van der Waals surface area contributed by atoms with Crippen molar-refractivity contribution >= 4 is 17.8 Å². The molecule has 1 N–H and O–H groups in total. The third-order valence-electron chi connectivity index (χ3n) is 4.17. The molecule has 1 aliphatic rings. The van der Waals surface area contributed by atoms with E-state index in [4.69, 9.17) is 4.74 Å². The smallest absolute Gasteiger partial charge is 0.342 e. The molecule has 0 bridgehead atoms. The van der Waals surface area contributed by atoms with Gasteiger partial charge in [-0.05, 0) is 17.8 Å². The molecule has 1 heterocycles. The molecular weight excluding hydrogens is 306 g/mol. The van der Waals surface area contributed by atoms with Crippen LogP contribution in [-0.4, -0.2) is 38.1 Å². The fourth-order valence-electron chi connectivity index (χ4n) is 2.93. The second kappa shape index (κ2) is 7.21. The Kier molecular flexibility index (Phi) is 5.30. The monoisotopic (exact) mass is 325 g/mol. The van der Waals surface area contributed by atoms with E-state index in [1.165, 1.54) is 4.57 Å². The van der Waals surface area contributed by atoms with Crippen molar-refractivity contribution in [3.8, 4) is 0 Å². The van der Waals surface area contributed by atoms with Crippen molar-refractivity contribution in [2.75, 3.05) is 6.61 Å². The Morgan fingerprint density at radius 3 is 2.70 bits per heavy atom. The number of ether oxygens (including phenoxy) is 1. The Labute approximate surface area is 132 Å². The third kappa shape index (κ3) is 3.85. The summed E-state index contributed by atoms with van der Waals surface area (Å²) in [5.41, 5.74) is 0. The highest BCUT2D eigenvalue weighted by Gasteiger charge is 2.36. The van der Waals surface area contributed by atoms with Crippen molar-refractivity contribution in [3.05, 3.63) is 22.1 Å². The first-order chi connectivity index (χ1) is 10.9. The number of carboxylic acid groups (broad SMARTS) is 1. The van der Waals surface area contributed by atoms with Crippen molar-refractivity contribution in [3.63, 3.8) is 0 Å². The van der Waals surface area contributed by atoms with Gasteiger partial charge in [0.25, 0.3) is 0 Å². The number of imidazole rings is 1. The summed E-state index contributed by atoms with van der Waals surface area (Å²) in [4.78, 5) is 37.5. The molecule has 1 saturated carbocycles. The Morgan fingerprint density at radius 2 is 2.09 bits per heavy atom. The molecule has 1 fully saturated rings. The quantitative estimate of drug-likeness (QED) is 0.477. The first kappa shape index (κ1) is 16.9. The molecule has 126 valence electrons. The van der Waals surface area contributed by atoms with Gasteiger partial charge in [0.15, 0.2) is 5.82 Å². The van der Waals surface area contributed by atoms with Gasteiger partial charge >= 0.3 is 17.8 Å². The molecule has 9 nitrogen and oxygen atoms in total. The molecule has 2 rings (SSSR count). The van der Waals surface area contributed by atoms with E-state index >= 15 is 0 Å². The average Bonchev–Trinajstić information content (AvgIpc) is 2.88. The minimum atomic E-state index is -0.979. The van der Waals surface area contributed by atoms with Crippen LogP contribution >= 0.6 is 0 Å². The molecule has 0 radical (unpaired) electrons. The number of nitrogens with zero attached hydrogens (tertiary/aromatic N) is 3. The minimum Gasteiger partial charge on any atom is -0.481 e. The van der Waals surface area contributed by atoms with Gasteiger partial charge < -0.3 is 20.0 Å². The Balaban J connectivity index is 1.93. The summed E-state index contributed by atoms with van der Waals surface area (Å²) < 4.78 is 6.50. The zero-order chi connectivity index (χ0) is 17.0. The number of carbonyl (C=O) groups is 2. The molecule has 1 aliphatic carbocycles. The topological polar surface area (TPSA) is 125 Å². The first-order valence-electron chi connectivity index (χ1n) is 7.47. The number of rotatable bonds is 6. The Bertz CT molecular complexity index is 612. The Hall–Kier alpha value is -2.45. The van der Waals surface area contributed by atoms with E-state index in [9.17, 15) is 24.8 Å². The molecule has 9 heteroatoms. The fourth-order valence-corrected chi connectivity index (χ4v) is 2.93. The van der Waals surface area contributed by atoms with Crippen LogP contribution in [0.5, 0.6) is 0 Å². The van der Waals surface area contributed by atoms with E-state index in [-0.39, 0.29) is 19.0 Å². The summed E-state index contributed by atoms with van der Waals surface area (Å²) in [6.45, 7) is 1.68. The van der Waals surface area contributed by atoms with Crippen molar-refractivity contribution in [1.29, 1.82) is 0 Å². The maximum absolute atomic E-state index is 12.1. The van der Waals surface area contributed by atoms with Gasteiger partial charge in [0.1, 0.15) is 19.3 Å². The number of carboxylic acids is 1. The molecule has 0 saturated heterocycles. The van der Waals surface area contributed by atoms with Crippen LogP contribution in [0.4, 0.5) is 5.82 Å². The van der Waals surface area contributed by atoms with Crippen LogP contribution in [0.25, 0.3) is 0 Å². The predicted molar refractivity (Wildman–Crippen MR) is 77.7 cm³/mol. The second-order valence-electron chi connectivity index (χ2n) is 5.58. The van der Waals surface area contributed by atoms with E-state index in [2.05, 4.69) is 4.98 Å². The number of hydrogen-bond acceptors (Lipinski definition) is 6. The van der Waals surface area contributed by atoms with Gasteiger partial charge in [-0.3, -0.25) is 9.59 Å². The summed E-state index contributed by atoms with van der Waals surface area (Å²) in [6.07, 6.45) is 3.72. The van der Waals surface area contributed by atoms with E-state index < -0.39 is 28.7 Å². The molecule has 1 aromatic rings. The first-order valence-corrected chi connectivity index (χ1v) is 7.47. The number of aromatic nitrogens is 2. The summed E-state index contributed by atoms with van der Waals surface area (Å²) >= 11 is 0. The van der Waals surface area contributed by atoms with Gasteiger partial charge in [0.05, 0.1) is 11.8 Å². The molecule has 0 amide bonds. The maximum atomic E-state index is 12.1. The van der Waals surface area contributed by atoms with Crippen molar-refractivity contribution in [2.24, 2.45) is 11.8 Å². The van der Waals surface area contributed by atoms with Gasteiger partial charge in [0.2, 0.25) is 0 Å². The lowest BCUT2D eigenvalue weighted by Gasteiger charge is -2.26. The normalized spacial score (nSPS) is 20.9. The van der Waals surface area contributed by atoms with Gasteiger partial charge in [-0.2, -0.15) is 0 Å². The van der Waals surface area contributed by atoms with Crippen LogP contribution in [-0.2, 0) is 20.9 Å². The largest absolute Gasteiger partial charge is 0.481 e. The Morgan fingerprint density at radius 1 is 1.43 bits per heavy atom. The van der Waals surface area contributed by atoms with Crippen LogP contribution in [0.3, 0.4) is 0 Å². The van der Waals surface area contributed by atoms with Gasteiger partial charge in [-0.1, -0.05) is 12.8 Å². The summed E-state index contributed by atoms with van der Waals surface area (Å²) in [7, 11) is 0. The van der Waals surface area contributed by atoms with Crippen LogP contribution in [0.15, 0.2) is 6.20 Å². The lowest BCUT2D eigenvalue weighted by molar-refractivity contribution is -0.392. The standard InChI is InChI=1S/C14H19N3O6/c1-9-15-8-12(17(21)22)16(9)6-7-23-14(20)11-5-3-2-4-10(11)13(18)19/h8,10-11H,2-7H2,1H3,(H,18,19)/t10-,11+/m1/s1. The van der Waals surface area contributed by atoms with Crippen molar-refractivity contribution in [1.82, 2.24) is 9.55 Å². The van der Waals surface area contributed by atoms with Crippen molar-refractivity contribution < 1.29 is 24.4 Å². The zero-order valence-electron chi connectivity index (χ0n) is 12.8. The van der Waals surface area contributed by atoms with Gasteiger partial charge in [-0.25, -0.2) is 9.55 Å². The highest BCUT2D eigenvalue weighted by molar-refractivity contribution is 5.81. The van der Waals surface area contributed by atoms with Crippen LogP contribution < -0.4 is 0 Å². The zero-order valence-corrected chi connectivity index (χ0v) is 12.8. The van der Waals surface area contributed by atoms with E-state index in [1.54, 1.807) is 6.92 Å². The lowest BCUT2D eigenvalue weighted by atomic mass is 9.79. The minimum absolute atomic E-state index is 0.0558. The number of aliphatic carboxylic acids is 1. The predicted octanol–water partition coefficient (Wildman–Crippen LogP) is 1.53. The highest BCUT2D eigenvalue weighted by atomic mass is 16.6.